The average molecular weight is 294 g/mol. The Kier molecular flexibility index (Phi) is 3.69. The number of hydrogen-bond donors (Lipinski definition) is 1. The first-order valence-electron chi connectivity index (χ1n) is 5.73. The summed E-state index contributed by atoms with van der Waals surface area (Å²) in [5.74, 6) is 1.71. The summed E-state index contributed by atoms with van der Waals surface area (Å²) < 4.78 is 6.86. The molecule has 3 heteroatoms. The zero-order valence-electron chi connectivity index (χ0n) is 10.0. The fourth-order valence-corrected chi connectivity index (χ4v) is 2.03. The van der Waals surface area contributed by atoms with Crippen LogP contribution in [-0.2, 0) is 0 Å². The lowest BCUT2D eigenvalue weighted by atomic mass is 10.1. The molecule has 0 aliphatic carbocycles. The SMILES string of the molecule is CCC(N)c1ccc(-c2ccc(C)c(Br)c2)o1. The summed E-state index contributed by atoms with van der Waals surface area (Å²) in [6, 6.07) is 10.1. The first-order chi connectivity index (χ1) is 8.11. The summed E-state index contributed by atoms with van der Waals surface area (Å²) in [6.45, 7) is 4.11. The molecule has 0 fully saturated rings. The summed E-state index contributed by atoms with van der Waals surface area (Å²) in [6.07, 6.45) is 0.880. The second-order valence-corrected chi connectivity index (χ2v) is 5.04. The molecule has 17 heavy (non-hydrogen) atoms. The van der Waals surface area contributed by atoms with Gasteiger partial charge in [0, 0.05) is 10.0 Å². The van der Waals surface area contributed by atoms with Crippen molar-refractivity contribution in [2.75, 3.05) is 0 Å². The Balaban J connectivity index is 2.33. The highest BCUT2D eigenvalue weighted by atomic mass is 79.9. The van der Waals surface area contributed by atoms with E-state index in [2.05, 4.69) is 48.0 Å². The molecule has 0 radical (unpaired) electrons. The number of halogens is 1. The topological polar surface area (TPSA) is 39.2 Å². The number of benzene rings is 1. The van der Waals surface area contributed by atoms with Crippen LogP contribution in [0.3, 0.4) is 0 Å². The van der Waals surface area contributed by atoms with Crippen LogP contribution in [0.5, 0.6) is 0 Å². The van der Waals surface area contributed by atoms with Crippen LogP contribution in [-0.4, -0.2) is 0 Å². The number of hydrogen-bond acceptors (Lipinski definition) is 2. The molecule has 2 rings (SSSR count). The lowest BCUT2D eigenvalue weighted by molar-refractivity contribution is 0.470. The van der Waals surface area contributed by atoms with Crippen molar-refractivity contribution in [1.29, 1.82) is 0 Å². The molecule has 1 aromatic carbocycles. The molecule has 0 spiro atoms. The van der Waals surface area contributed by atoms with E-state index in [9.17, 15) is 0 Å². The Bertz CT molecular complexity index is 519. The molecule has 0 aliphatic heterocycles. The maximum Gasteiger partial charge on any atom is 0.134 e. The maximum atomic E-state index is 5.94. The Labute approximate surface area is 110 Å². The smallest absolute Gasteiger partial charge is 0.134 e. The predicted octanol–water partition coefficient (Wildman–Crippen LogP) is 4.43. The molecule has 0 saturated heterocycles. The third-order valence-corrected chi connectivity index (χ3v) is 3.74. The normalized spacial score (nSPS) is 12.7. The molecular formula is C14H16BrNO. The van der Waals surface area contributed by atoms with Gasteiger partial charge in [-0.25, -0.2) is 0 Å². The van der Waals surface area contributed by atoms with Crippen molar-refractivity contribution in [3.63, 3.8) is 0 Å². The van der Waals surface area contributed by atoms with Crippen molar-refractivity contribution in [3.8, 4) is 11.3 Å². The Morgan fingerprint density at radius 1 is 1.29 bits per heavy atom. The molecule has 2 aromatic rings. The molecule has 0 aliphatic rings. The van der Waals surface area contributed by atoms with Gasteiger partial charge in [-0.2, -0.15) is 0 Å². The van der Waals surface area contributed by atoms with E-state index in [4.69, 9.17) is 10.2 Å². The molecule has 0 saturated carbocycles. The highest BCUT2D eigenvalue weighted by molar-refractivity contribution is 9.10. The van der Waals surface area contributed by atoms with Crippen molar-refractivity contribution in [3.05, 3.63) is 46.1 Å². The van der Waals surface area contributed by atoms with E-state index in [-0.39, 0.29) is 6.04 Å². The largest absolute Gasteiger partial charge is 0.459 e. The Morgan fingerprint density at radius 3 is 2.71 bits per heavy atom. The Hall–Kier alpha value is -1.06. The Morgan fingerprint density at radius 2 is 2.06 bits per heavy atom. The van der Waals surface area contributed by atoms with Gasteiger partial charge in [0.2, 0.25) is 0 Å². The van der Waals surface area contributed by atoms with Crippen molar-refractivity contribution >= 4 is 15.9 Å². The second kappa shape index (κ2) is 5.07. The van der Waals surface area contributed by atoms with Crippen LogP contribution in [0.15, 0.2) is 39.2 Å². The van der Waals surface area contributed by atoms with Crippen LogP contribution in [0, 0.1) is 6.92 Å². The fraction of sp³-hybridized carbons (Fsp3) is 0.286. The fourth-order valence-electron chi connectivity index (χ4n) is 1.65. The van der Waals surface area contributed by atoms with Gasteiger partial charge >= 0.3 is 0 Å². The van der Waals surface area contributed by atoms with E-state index in [1.54, 1.807) is 0 Å². The van der Waals surface area contributed by atoms with Crippen molar-refractivity contribution in [2.45, 2.75) is 26.3 Å². The van der Waals surface area contributed by atoms with E-state index in [1.165, 1.54) is 5.56 Å². The monoisotopic (exact) mass is 293 g/mol. The van der Waals surface area contributed by atoms with Crippen LogP contribution in [0.1, 0.15) is 30.7 Å². The van der Waals surface area contributed by atoms with Gasteiger partial charge in [-0.05, 0) is 37.1 Å². The molecule has 1 heterocycles. The highest BCUT2D eigenvalue weighted by Gasteiger charge is 2.10. The zero-order valence-corrected chi connectivity index (χ0v) is 11.6. The molecule has 0 bridgehead atoms. The molecule has 1 aromatic heterocycles. The van der Waals surface area contributed by atoms with E-state index in [1.807, 2.05) is 12.1 Å². The van der Waals surface area contributed by atoms with E-state index >= 15 is 0 Å². The molecule has 1 atom stereocenters. The summed E-state index contributed by atoms with van der Waals surface area (Å²) in [5.41, 5.74) is 8.22. The number of aryl methyl sites for hydroxylation is 1. The van der Waals surface area contributed by atoms with E-state index < -0.39 is 0 Å². The van der Waals surface area contributed by atoms with E-state index in [0.717, 1.165) is 28.0 Å². The first kappa shape index (κ1) is 12.4. The standard InChI is InChI=1S/C14H16BrNO/c1-3-12(16)14-7-6-13(17-14)10-5-4-9(2)11(15)8-10/h4-8,12H,3,16H2,1-2H3. The summed E-state index contributed by atoms with van der Waals surface area (Å²) >= 11 is 3.53. The minimum absolute atomic E-state index is 0.0161. The molecular weight excluding hydrogens is 278 g/mol. The third kappa shape index (κ3) is 2.61. The van der Waals surface area contributed by atoms with Crippen LogP contribution in [0.25, 0.3) is 11.3 Å². The summed E-state index contributed by atoms with van der Waals surface area (Å²) in [7, 11) is 0. The third-order valence-electron chi connectivity index (χ3n) is 2.89. The van der Waals surface area contributed by atoms with Gasteiger partial charge in [-0.1, -0.05) is 35.0 Å². The van der Waals surface area contributed by atoms with E-state index in [0.29, 0.717) is 0 Å². The van der Waals surface area contributed by atoms with Gasteiger partial charge in [0.25, 0.3) is 0 Å². The van der Waals surface area contributed by atoms with Crippen molar-refractivity contribution in [1.82, 2.24) is 0 Å². The van der Waals surface area contributed by atoms with Crippen LogP contribution < -0.4 is 5.73 Å². The zero-order chi connectivity index (χ0) is 12.4. The highest BCUT2D eigenvalue weighted by Crippen LogP contribution is 2.28. The minimum Gasteiger partial charge on any atom is -0.459 e. The summed E-state index contributed by atoms with van der Waals surface area (Å²) in [5, 5.41) is 0. The van der Waals surface area contributed by atoms with Gasteiger partial charge < -0.3 is 10.2 Å². The van der Waals surface area contributed by atoms with Crippen LogP contribution in [0.4, 0.5) is 0 Å². The molecule has 2 nitrogen and oxygen atoms in total. The minimum atomic E-state index is -0.0161. The average Bonchev–Trinajstić information content (AvgIpc) is 2.81. The van der Waals surface area contributed by atoms with Gasteiger partial charge in [0.05, 0.1) is 6.04 Å². The second-order valence-electron chi connectivity index (χ2n) is 4.18. The molecule has 2 N–H and O–H groups in total. The lowest BCUT2D eigenvalue weighted by Crippen LogP contribution is -2.06. The van der Waals surface area contributed by atoms with Gasteiger partial charge in [0.15, 0.2) is 0 Å². The number of furan rings is 1. The lowest BCUT2D eigenvalue weighted by Gasteiger charge is -2.04. The van der Waals surface area contributed by atoms with Crippen LogP contribution in [0.2, 0.25) is 0 Å². The summed E-state index contributed by atoms with van der Waals surface area (Å²) in [4.78, 5) is 0. The molecule has 0 amide bonds. The van der Waals surface area contributed by atoms with Gasteiger partial charge in [0.1, 0.15) is 11.5 Å². The maximum absolute atomic E-state index is 5.94. The predicted molar refractivity (Wildman–Crippen MR) is 73.8 cm³/mol. The number of rotatable bonds is 3. The van der Waals surface area contributed by atoms with Crippen molar-refractivity contribution in [2.24, 2.45) is 5.73 Å². The molecule has 90 valence electrons. The van der Waals surface area contributed by atoms with Gasteiger partial charge in [-0.3, -0.25) is 0 Å². The quantitative estimate of drug-likeness (QED) is 0.909. The van der Waals surface area contributed by atoms with Crippen LogP contribution >= 0.6 is 15.9 Å². The molecule has 1 unspecified atom stereocenters. The first-order valence-corrected chi connectivity index (χ1v) is 6.53. The van der Waals surface area contributed by atoms with Gasteiger partial charge in [-0.15, -0.1) is 0 Å². The number of nitrogens with two attached hydrogens (primary N) is 1. The van der Waals surface area contributed by atoms with Crippen molar-refractivity contribution < 1.29 is 4.42 Å².